The monoisotopic (exact) mass is 259 g/mol. The number of thiophene rings is 1. The van der Waals surface area contributed by atoms with Crippen LogP contribution in [0, 0.1) is 13.8 Å². The molecule has 1 N–H and O–H groups in total. The zero-order valence-electron chi connectivity index (χ0n) is 11.5. The van der Waals surface area contributed by atoms with Gasteiger partial charge in [0.2, 0.25) is 0 Å². The Bertz CT molecular complexity index is 501. The number of hydrogen-bond acceptors (Lipinski definition) is 2. The maximum Gasteiger partial charge on any atom is 0.0482 e. The third kappa shape index (κ3) is 2.65. The van der Waals surface area contributed by atoms with Crippen LogP contribution in [0.5, 0.6) is 0 Å². The van der Waals surface area contributed by atoms with Crippen molar-refractivity contribution in [3.8, 4) is 0 Å². The van der Waals surface area contributed by atoms with E-state index in [1.54, 1.807) is 0 Å². The van der Waals surface area contributed by atoms with Gasteiger partial charge in [-0.05, 0) is 38.1 Å². The molecule has 1 nitrogen and oxygen atoms in total. The summed E-state index contributed by atoms with van der Waals surface area (Å²) in [5.41, 5.74) is 2.79. The molecule has 2 heteroatoms. The van der Waals surface area contributed by atoms with Crippen molar-refractivity contribution in [3.05, 3.63) is 57.3 Å². The number of rotatable bonds is 4. The molecular formula is C16H21NS. The summed E-state index contributed by atoms with van der Waals surface area (Å²) in [5.74, 6) is 0.480. The molecule has 0 aliphatic heterocycles. The second-order valence-corrected chi connectivity index (χ2v) is 6.16. The summed E-state index contributed by atoms with van der Waals surface area (Å²) in [4.78, 5) is 2.86. The summed E-state index contributed by atoms with van der Waals surface area (Å²) in [5, 5.41) is 3.48. The molecule has 1 aromatic carbocycles. The molecule has 0 bridgehead atoms. The molecule has 1 heterocycles. The predicted molar refractivity (Wildman–Crippen MR) is 80.5 cm³/mol. The van der Waals surface area contributed by atoms with Gasteiger partial charge in [0.05, 0.1) is 0 Å². The van der Waals surface area contributed by atoms with E-state index >= 15 is 0 Å². The van der Waals surface area contributed by atoms with E-state index in [0.29, 0.717) is 12.0 Å². The number of nitrogens with one attached hydrogen (secondary N) is 1. The minimum absolute atomic E-state index is 0.395. The van der Waals surface area contributed by atoms with Gasteiger partial charge >= 0.3 is 0 Å². The first-order valence-corrected chi connectivity index (χ1v) is 7.24. The van der Waals surface area contributed by atoms with Crippen LogP contribution >= 0.6 is 11.3 Å². The smallest absolute Gasteiger partial charge is 0.0482 e. The van der Waals surface area contributed by atoms with E-state index in [9.17, 15) is 0 Å². The molecule has 0 saturated carbocycles. The minimum atomic E-state index is 0.395. The Morgan fingerprint density at radius 1 is 1.11 bits per heavy atom. The van der Waals surface area contributed by atoms with Gasteiger partial charge in [-0.15, -0.1) is 11.3 Å². The first kappa shape index (κ1) is 13.3. The average molecular weight is 259 g/mol. The Morgan fingerprint density at radius 2 is 1.78 bits per heavy atom. The Morgan fingerprint density at radius 3 is 2.28 bits per heavy atom. The van der Waals surface area contributed by atoms with Gasteiger partial charge in [0.1, 0.15) is 0 Å². The van der Waals surface area contributed by atoms with E-state index < -0.39 is 0 Å². The fourth-order valence-electron chi connectivity index (χ4n) is 2.53. The van der Waals surface area contributed by atoms with Crippen molar-refractivity contribution in [2.75, 3.05) is 7.05 Å². The first-order chi connectivity index (χ1) is 8.63. The molecule has 2 aromatic rings. The fraction of sp³-hybridized carbons (Fsp3) is 0.375. The van der Waals surface area contributed by atoms with Gasteiger partial charge in [-0.3, -0.25) is 0 Å². The van der Waals surface area contributed by atoms with Crippen LogP contribution in [0.1, 0.15) is 39.8 Å². The standard InChI is InChI=1S/C16H21NS/c1-11-10-12(2)18-16(11)15(17-4)13(3)14-8-6-5-7-9-14/h5-10,13,15,17H,1-4H3. The van der Waals surface area contributed by atoms with Crippen molar-refractivity contribution in [1.82, 2.24) is 5.32 Å². The van der Waals surface area contributed by atoms with Crippen LogP contribution < -0.4 is 5.32 Å². The average Bonchev–Trinajstić information content (AvgIpc) is 2.70. The third-order valence-corrected chi connectivity index (χ3v) is 4.73. The van der Waals surface area contributed by atoms with Crippen LogP contribution in [0.3, 0.4) is 0 Å². The lowest BCUT2D eigenvalue weighted by atomic mass is 9.91. The van der Waals surface area contributed by atoms with Gasteiger partial charge in [0.15, 0.2) is 0 Å². The Hall–Kier alpha value is -1.12. The zero-order valence-corrected chi connectivity index (χ0v) is 12.3. The van der Waals surface area contributed by atoms with E-state index in [1.807, 2.05) is 11.3 Å². The highest BCUT2D eigenvalue weighted by molar-refractivity contribution is 7.12. The van der Waals surface area contributed by atoms with E-state index in [-0.39, 0.29) is 0 Å². The van der Waals surface area contributed by atoms with Gasteiger partial charge < -0.3 is 5.32 Å². The van der Waals surface area contributed by atoms with Gasteiger partial charge in [-0.2, -0.15) is 0 Å². The molecule has 2 rings (SSSR count). The highest BCUT2D eigenvalue weighted by atomic mass is 32.1. The lowest BCUT2D eigenvalue weighted by Crippen LogP contribution is -2.22. The van der Waals surface area contributed by atoms with E-state index in [0.717, 1.165) is 0 Å². The Balaban J connectivity index is 2.32. The lowest BCUT2D eigenvalue weighted by Gasteiger charge is -2.24. The molecular weight excluding hydrogens is 238 g/mol. The SMILES string of the molecule is CNC(c1sc(C)cc1C)C(C)c1ccccc1. The van der Waals surface area contributed by atoms with Crippen molar-refractivity contribution >= 4 is 11.3 Å². The number of hydrogen-bond donors (Lipinski definition) is 1. The lowest BCUT2D eigenvalue weighted by molar-refractivity contribution is 0.514. The summed E-state index contributed by atoms with van der Waals surface area (Å²) < 4.78 is 0. The molecule has 0 aliphatic rings. The van der Waals surface area contributed by atoms with E-state index in [2.05, 4.69) is 69.5 Å². The summed E-state index contributed by atoms with van der Waals surface area (Å²) in [6, 6.07) is 13.4. The van der Waals surface area contributed by atoms with Gasteiger partial charge in [0.25, 0.3) is 0 Å². The topological polar surface area (TPSA) is 12.0 Å². The molecule has 1 aromatic heterocycles. The summed E-state index contributed by atoms with van der Waals surface area (Å²) >= 11 is 1.91. The van der Waals surface area contributed by atoms with Crippen LogP contribution in [0.4, 0.5) is 0 Å². The number of aryl methyl sites for hydroxylation is 2. The highest BCUT2D eigenvalue weighted by Gasteiger charge is 2.22. The van der Waals surface area contributed by atoms with Crippen LogP contribution in [0.15, 0.2) is 36.4 Å². The van der Waals surface area contributed by atoms with Gasteiger partial charge in [-0.1, -0.05) is 37.3 Å². The zero-order chi connectivity index (χ0) is 13.1. The van der Waals surface area contributed by atoms with Crippen molar-refractivity contribution in [2.45, 2.75) is 32.7 Å². The summed E-state index contributed by atoms with van der Waals surface area (Å²) in [7, 11) is 2.05. The molecule has 0 spiro atoms. The van der Waals surface area contributed by atoms with Crippen LogP contribution in [0.2, 0.25) is 0 Å². The molecule has 0 radical (unpaired) electrons. The van der Waals surface area contributed by atoms with E-state index in [4.69, 9.17) is 0 Å². The van der Waals surface area contributed by atoms with Gasteiger partial charge in [-0.25, -0.2) is 0 Å². The molecule has 18 heavy (non-hydrogen) atoms. The van der Waals surface area contributed by atoms with Crippen LogP contribution in [0.25, 0.3) is 0 Å². The third-order valence-electron chi connectivity index (χ3n) is 3.50. The molecule has 0 saturated heterocycles. The largest absolute Gasteiger partial charge is 0.312 e. The molecule has 0 aliphatic carbocycles. The maximum absolute atomic E-state index is 3.48. The van der Waals surface area contributed by atoms with Crippen molar-refractivity contribution in [2.24, 2.45) is 0 Å². The van der Waals surface area contributed by atoms with Crippen molar-refractivity contribution < 1.29 is 0 Å². The number of benzene rings is 1. The molecule has 0 fully saturated rings. The molecule has 96 valence electrons. The quantitative estimate of drug-likeness (QED) is 0.856. The maximum atomic E-state index is 3.48. The second kappa shape index (κ2) is 5.68. The predicted octanol–water partition coefficient (Wildman–Crippen LogP) is 4.43. The Labute approximate surface area is 114 Å². The van der Waals surface area contributed by atoms with Crippen LogP contribution in [-0.4, -0.2) is 7.05 Å². The first-order valence-electron chi connectivity index (χ1n) is 6.42. The normalized spacial score (nSPS) is 14.4. The fourth-order valence-corrected chi connectivity index (χ4v) is 3.78. The summed E-state index contributed by atoms with van der Waals surface area (Å²) in [6.45, 7) is 6.69. The molecule has 2 atom stereocenters. The van der Waals surface area contributed by atoms with Gasteiger partial charge in [0, 0.05) is 21.7 Å². The summed E-state index contributed by atoms with van der Waals surface area (Å²) in [6.07, 6.45) is 0. The molecule has 0 amide bonds. The minimum Gasteiger partial charge on any atom is -0.312 e. The van der Waals surface area contributed by atoms with Crippen molar-refractivity contribution in [1.29, 1.82) is 0 Å². The molecule has 2 unspecified atom stereocenters. The highest BCUT2D eigenvalue weighted by Crippen LogP contribution is 2.36. The second-order valence-electron chi connectivity index (χ2n) is 4.87. The van der Waals surface area contributed by atoms with Crippen LogP contribution in [-0.2, 0) is 0 Å². The number of likely N-dealkylation sites (N-methyl/N-ethyl adjacent to an activating group) is 1. The van der Waals surface area contributed by atoms with Crippen molar-refractivity contribution in [3.63, 3.8) is 0 Å². The Kier molecular flexibility index (Phi) is 4.20. The van der Waals surface area contributed by atoms with E-state index in [1.165, 1.54) is 20.9 Å².